The predicted octanol–water partition coefficient (Wildman–Crippen LogP) is 3.80. The van der Waals surface area contributed by atoms with Crippen molar-refractivity contribution in [1.29, 1.82) is 0 Å². The molecule has 1 saturated heterocycles. The van der Waals surface area contributed by atoms with E-state index in [-0.39, 0.29) is 12.0 Å². The highest BCUT2D eigenvalue weighted by molar-refractivity contribution is 5.77. The lowest BCUT2D eigenvalue weighted by atomic mass is 10.0. The number of fused-ring (bicyclic) bond motifs is 1. The molecule has 7 heteroatoms. The standard InChI is InChI=1S/C21H20N4O3/c1-26-19(15-10-11-27-12-15)21-23-20(24-28-21)14-6-8-16(9-7-14)25-13-22-17-4-2-3-5-18(17)25/h2-9,13,15,19H,10-12H2,1H3. The minimum Gasteiger partial charge on any atom is -0.381 e. The smallest absolute Gasteiger partial charge is 0.256 e. The van der Waals surface area contributed by atoms with Gasteiger partial charge in [-0.05, 0) is 42.8 Å². The van der Waals surface area contributed by atoms with E-state index < -0.39 is 0 Å². The van der Waals surface area contributed by atoms with Crippen molar-refractivity contribution in [1.82, 2.24) is 19.7 Å². The van der Waals surface area contributed by atoms with Crippen molar-refractivity contribution in [3.05, 3.63) is 60.7 Å². The first-order valence-corrected chi connectivity index (χ1v) is 9.30. The van der Waals surface area contributed by atoms with Gasteiger partial charge >= 0.3 is 0 Å². The zero-order valence-corrected chi connectivity index (χ0v) is 15.5. The molecule has 142 valence electrons. The Morgan fingerprint density at radius 2 is 2.00 bits per heavy atom. The summed E-state index contributed by atoms with van der Waals surface area (Å²) in [5.41, 5.74) is 3.95. The topological polar surface area (TPSA) is 75.2 Å². The molecule has 7 nitrogen and oxygen atoms in total. The highest BCUT2D eigenvalue weighted by Gasteiger charge is 2.31. The van der Waals surface area contributed by atoms with Gasteiger partial charge in [-0.3, -0.25) is 4.57 Å². The van der Waals surface area contributed by atoms with Crippen LogP contribution in [0.25, 0.3) is 28.1 Å². The summed E-state index contributed by atoms with van der Waals surface area (Å²) in [6.07, 6.45) is 2.53. The van der Waals surface area contributed by atoms with Crippen molar-refractivity contribution in [3.63, 3.8) is 0 Å². The largest absolute Gasteiger partial charge is 0.381 e. The van der Waals surface area contributed by atoms with Crippen molar-refractivity contribution >= 4 is 11.0 Å². The molecule has 2 aromatic heterocycles. The molecule has 1 fully saturated rings. The Morgan fingerprint density at radius 3 is 2.79 bits per heavy atom. The maximum atomic E-state index is 5.59. The lowest BCUT2D eigenvalue weighted by Gasteiger charge is -2.16. The fraction of sp³-hybridized carbons (Fsp3) is 0.286. The fourth-order valence-electron chi connectivity index (χ4n) is 3.69. The number of ether oxygens (including phenoxy) is 2. The number of hydrogen-bond donors (Lipinski definition) is 0. The molecule has 2 atom stereocenters. The van der Waals surface area contributed by atoms with Crippen LogP contribution in [0.2, 0.25) is 0 Å². The Bertz CT molecular complexity index is 1080. The Balaban J connectivity index is 1.41. The van der Waals surface area contributed by atoms with Gasteiger partial charge in [0.05, 0.1) is 17.6 Å². The fourth-order valence-corrected chi connectivity index (χ4v) is 3.69. The molecular formula is C21H20N4O3. The van der Waals surface area contributed by atoms with Gasteiger partial charge in [0.25, 0.3) is 5.89 Å². The second-order valence-corrected chi connectivity index (χ2v) is 6.89. The maximum Gasteiger partial charge on any atom is 0.256 e. The highest BCUT2D eigenvalue weighted by Crippen LogP contribution is 2.31. The van der Waals surface area contributed by atoms with Crippen molar-refractivity contribution in [2.45, 2.75) is 12.5 Å². The van der Waals surface area contributed by atoms with Crippen molar-refractivity contribution in [3.8, 4) is 17.1 Å². The van der Waals surface area contributed by atoms with E-state index in [4.69, 9.17) is 14.0 Å². The summed E-state index contributed by atoms with van der Waals surface area (Å²) in [7, 11) is 1.66. The van der Waals surface area contributed by atoms with Gasteiger partial charge in [-0.1, -0.05) is 17.3 Å². The molecular weight excluding hydrogens is 356 g/mol. The van der Waals surface area contributed by atoms with Crippen LogP contribution in [0.4, 0.5) is 0 Å². The number of hydrogen-bond acceptors (Lipinski definition) is 6. The van der Waals surface area contributed by atoms with Crippen LogP contribution in [0.15, 0.2) is 59.4 Å². The molecule has 0 spiro atoms. The van der Waals surface area contributed by atoms with E-state index in [9.17, 15) is 0 Å². The molecule has 5 rings (SSSR count). The number of aromatic nitrogens is 4. The van der Waals surface area contributed by atoms with E-state index in [1.165, 1.54) is 0 Å². The minimum absolute atomic E-state index is 0.236. The second-order valence-electron chi connectivity index (χ2n) is 6.89. The van der Waals surface area contributed by atoms with Crippen LogP contribution in [0.5, 0.6) is 0 Å². The van der Waals surface area contributed by atoms with E-state index in [0.717, 1.165) is 35.3 Å². The number of nitrogens with zero attached hydrogens (tertiary/aromatic N) is 4. The third-order valence-corrected chi connectivity index (χ3v) is 5.19. The molecule has 0 N–H and O–H groups in total. The first-order chi connectivity index (χ1) is 13.8. The van der Waals surface area contributed by atoms with E-state index in [1.807, 2.05) is 48.8 Å². The molecule has 1 aliphatic rings. The number of para-hydroxylation sites is 2. The van der Waals surface area contributed by atoms with Gasteiger partial charge in [-0.2, -0.15) is 4.98 Å². The van der Waals surface area contributed by atoms with E-state index in [0.29, 0.717) is 18.3 Å². The number of benzene rings is 2. The Morgan fingerprint density at radius 1 is 1.14 bits per heavy atom. The van der Waals surface area contributed by atoms with E-state index in [1.54, 1.807) is 7.11 Å². The SMILES string of the molecule is COC(c1nc(-c2ccc(-n3cnc4ccccc43)cc2)no1)C1CCOC1. The molecule has 2 unspecified atom stereocenters. The number of methoxy groups -OCH3 is 1. The van der Waals surface area contributed by atoms with Gasteiger partial charge in [0.15, 0.2) is 0 Å². The van der Waals surface area contributed by atoms with Crippen molar-refractivity contribution in [2.75, 3.05) is 20.3 Å². The molecule has 0 radical (unpaired) electrons. The number of imidazole rings is 1. The molecule has 28 heavy (non-hydrogen) atoms. The third-order valence-electron chi connectivity index (χ3n) is 5.19. The highest BCUT2D eigenvalue weighted by atomic mass is 16.5. The maximum absolute atomic E-state index is 5.59. The molecule has 0 saturated carbocycles. The van der Waals surface area contributed by atoms with Crippen LogP contribution >= 0.6 is 0 Å². The van der Waals surface area contributed by atoms with Gasteiger partial charge < -0.3 is 14.0 Å². The van der Waals surface area contributed by atoms with Crippen LogP contribution in [0.3, 0.4) is 0 Å². The molecule has 0 bridgehead atoms. The van der Waals surface area contributed by atoms with Gasteiger partial charge in [-0.15, -0.1) is 0 Å². The van der Waals surface area contributed by atoms with E-state index in [2.05, 4.69) is 25.8 Å². The minimum atomic E-state index is -0.236. The monoisotopic (exact) mass is 376 g/mol. The molecule has 0 amide bonds. The summed E-state index contributed by atoms with van der Waals surface area (Å²) in [4.78, 5) is 9.01. The summed E-state index contributed by atoms with van der Waals surface area (Å²) in [5.74, 6) is 1.30. The molecule has 1 aliphatic heterocycles. The lowest BCUT2D eigenvalue weighted by Crippen LogP contribution is -2.15. The summed E-state index contributed by atoms with van der Waals surface area (Å²) >= 11 is 0. The first-order valence-electron chi connectivity index (χ1n) is 9.30. The van der Waals surface area contributed by atoms with Crippen LogP contribution in [-0.4, -0.2) is 40.0 Å². The summed E-state index contributed by atoms with van der Waals surface area (Å²) in [5, 5.41) is 4.14. The van der Waals surface area contributed by atoms with Crippen LogP contribution in [-0.2, 0) is 9.47 Å². The van der Waals surface area contributed by atoms with Crippen LogP contribution < -0.4 is 0 Å². The molecule has 0 aliphatic carbocycles. The van der Waals surface area contributed by atoms with E-state index >= 15 is 0 Å². The van der Waals surface area contributed by atoms with Gasteiger partial charge in [0.2, 0.25) is 5.82 Å². The number of rotatable bonds is 5. The average Bonchev–Trinajstić information content (AvgIpc) is 3.50. The normalized spacial score (nSPS) is 18.0. The van der Waals surface area contributed by atoms with Crippen molar-refractivity contribution < 1.29 is 14.0 Å². The molecule has 3 heterocycles. The zero-order valence-electron chi connectivity index (χ0n) is 15.5. The summed E-state index contributed by atoms with van der Waals surface area (Å²) in [6, 6.07) is 16.1. The van der Waals surface area contributed by atoms with Gasteiger partial charge in [-0.25, -0.2) is 4.98 Å². The summed E-state index contributed by atoms with van der Waals surface area (Å²) in [6.45, 7) is 1.40. The quantitative estimate of drug-likeness (QED) is 0.527. The Hall–Kier alpha value is -3.03. The molecule has 4 aromatic rings. The zero-order chi connectivity index (χ0) is 18.9. The molecule has 2 aromatic carbocycles. The van der Waals surface area contributed by atoms with Gasteiger partial charge in [0, 0.05) is 30.9 Å². The Labute approximate surface area is 161 Å². The predicted molar refractivity (Wildman–Crippen MR) is 103 cm³/mol. The second kappa shape index (κ2) is 7.18. The lowest BCUT2D eigenvalue weighted by molar-refractivity contribution is 0.0210. The Kier molecular flexibility index (Phi) is 4.38. The van der Waals surface area contributed by atoms with Crippen molar-refractivity contribution in [2.24, 2.45) is 5.92 Å². The van der Waals surface area contributed by atoms with Crippen LogP contribution in [0.1, 0.15) is 18.4 Å². The van der Waals surface area contributed by atoms with Crippen LogP contribution in [0, 0.1) is 5.92 Å². The van der Waals surface area contributed by atoms with Gasteiger partial charge in [0.1, 0.15) is 12.4 Å². The summed E-state index contributed by atoms with van der Waals surface area (Å²) < 4.78 is 18.6. The third kappa shape index (κ3) is 2.98. The average molecular weight is 376 g/mol. The first kappa shape index (κ1) is 17.1.